The number of hydrogen-bond acceptors (Lipinski definition) is 5. The quantitative estimate of drug-likeness (QED) is 0.601. The molecule has 1 unspecified atom stereocenters. The molecule has 1 saturated heterocycles. The van der Waals surface area contributed by atoms with Gasteiger partial charge in [-0.25, -0.2) is 4.79 Å². The lowest BCUT2D eigenvalue weighted by Gasteiger charge is -2.25. The smallest absolute Gasteiger partial charge is 0.321 e. The zero-order valence-corrected chi connectivity index (χ0v) is 11.4. The predicted octanol–water partition coefficient (Wildman–Crippen LogP) is -0.127. The summed E-state index contributed by atoms with van der Waals surface area (Å²) in [5, 5.41) is 13.1. The second-order valence-corrected chi connectivity index (χ2v) is 4.67. The highest BCUT2D eigenvalue weighted by Crippen LogP contribution is 2.21. The highest BCUT2D eigenvalue weighted by atomic mass is 16.5. The van der Waals surface area contributed by atoms with E-state index < -0.39 is 23.5 Å². The Balaban J connectivity index is 2.22. The van der Waals surface area contributed by atoms with E-state index in [0.717, 1.165) is 0 Å². The minimum absolute atomic E-state index is 0.00173. The third kappa shape index (κ3) is 5.54. The molecule has 1 aliphatic heterocycles. The van der Waals surface area contributed by atoms with Crippen molar-refractivity contribution in [1.29, 1.82) is 0 Å². The third-order valence-electron chi connectivity index (χ3n) is 3.12. The maximum absolute atomic E-state index is 11.5. The summed E-state index contributed by atoms with van der Waals surface area (Å²) in [7, 11) is 1.55. The average molecular weight is 288 g/mol. The summed E-state index contributed by atoms with van der Waals surface area (Å²) in [4.78, 5) is 33.2. The lowest BCUT2D eigenvalue weighted by atomic mass is 10.0. The van der Waals surface area contributed by atoms with Crippen molar-refractivity contribution in [3.05, 3.63) is 0 Å². The van der Waals surface area contributed by atoms with Crippen molar-refractivity contribution < 1.29 is 29.0 Å². The molecule has 0 radical (unpaired) electrons. The predicted molar refractivity (Wildman–Crippen MR) is 68.2 cm³/mol. The van der Waals surface area contributed by atoms with Crippen LogP contribution in [0.5, 0.6) is 0 Å². The molecule has 1 rings (SSSR count). The van der Waals surface area contributed by atoms with Crippen molar-refractivity contribution in [2.75, 3.05) is 26.9 Å². The Bertz CT molecular complexity index is 365. The summed E-state index contributed by atoms with van der Waals surface area (Å²) in [6, 6.07) is -0.617. The molecular formula is C12H20N2O6. The van der Waals surface area contributed by atoms with Crippen molar-refractivity contribution in [3.8, 4) is 0 Å². The van der Waals surface area contributed by atoms with E-state index in [1.165, 1.54) is 0 Å². The molecule has 8 heteroatoms. The highest BCUT2D eigenvalue weighted by molar-refractivity contribution is 5.94. The topological polar surface area (TPSA) is 114 Å². The Morgan fingerprint density at radius 2 is 2.10 bits per heavy atom. The summed E-state index contributed by atoms with van der Waals surface area (Å²) in [6.45, 7) is 1.22. The molecule has 0 saturated carbocycles. The highest BCUT2D eigenvalue weighted by Gasteiger charge is 2.35. The number of nitrogens with one attached hydrogen (secondary N) is 2. The minimum atomic E-state index is -0.967. The van der Waals surface area contributed by atoms with Gasteiger partial charge in [0.05, 0.1) is 13.2 Å². The molecule has 3 N–H and O–H groups in total. The van der Waals surface area contributed by atoms with Crippen molar-refractivity contribution in [2.24, 2.45) is 0 Å². The van der Waals surface area contributed by atoms with Crippen LogP contribution >= 0.6 is 0 Å². The SMILES string of the molecule is COC1(CNC(=O)NC(=O)CCCC(=O)O)CCOC1. The Hall–Kier alpha value is -1.67. The third-order valence-corrected chi connectivity index (χ3v) is 3.12. The number of carboxylic acid groups (broad SMARTS) is 1. The lowest BCUT2D eigenvalue weighted by molar-refractivity contribution is -0.137. The summed E-state index contributed by atoms with van der Waals surface area (Å²) >= 11 is 0. The molecule has 0 aromatic heterocycles. The first-order valence-corrected chi connectivity index (χ1v) is 6.40. The average Bonchev–Trinajstić information content (AvgIpc) is 2.85. The fourth-order valence-electron chi connectivity index (χ4n) is 1.84. The number of ether oxygens (including phenoxy) is 2. The number of carbonyl (C=O) groups excluding carboxylic acids is 2. The molecule has 0 aromatic rings. The molecule has 0 aromatic carbocycles. The number of amides is 3. The van der Waals surface area contributed by atoms with Gasteiger partial charge in [-0.2, -0.15) is 0 Å². The first kappa shape index (κ1) is 16.4. The fourth-order valence-corrected chi connectivity index (χ4v) is 1.84. The van der Waals surface area contributed by atoms with E-state index in [1.807, 2.05) is 0 Å². The van der Waals surface area contributed by atoms with Gasteiger partial charge in [0.2, 0.25) is 5.91 Å². The molecule has 20 heavy (non-hydrogen) atoms. The van der Waals surface area contributed by atoms with Gasteiger partial charge >= 0.3 is 12.0 Å². The van der Waals surface area contributed by atoms with E-state index in [-0.39, 0.29) is 25.8 Å². The van der Waals surface area contributed by atoms with Crippen LogP contribution in [0.3, 0.4) is 0 Å². The molecule has 1 fully saturated rings. The molecule has 114 valence electrons. The van der Waals surface area contributed by atoms with Crippen LogP contribution in [0.1, 0.15) is 25.7 Å². The monoisotopic (exact) mass is 288 g/mol. The number of methoxy groups -OCH3 is 1. The maximum Gasteiger partial charge on any atom is 0.321 e. The number of aliphatic carboxylic acids is 1. The Labute approximate surface area is 116 Å². The Kier molecular flexibility index (Phi) is 6.40. The molecule has 1 atom stereocenters. The van der Waals surface area contributed by atoms with E-state index in [4.69, 9.17) is 14.6 Å². The van der Waals surface area contributed by atoms with E-state index in [0.29, 0.717) is 19.6 Å². The van der Waals surface area contributed by atoms with Crippen LogP contribution in [0.2, 0.25) is 0 Å². The maximum atomic E-state index is 11.5. The Morgan fingerprint density at radius 1 is 1.35 bits per heavy atom. The number of rotatable bonds is 7. The number of imide groups is 1. The zero-order valence-electron chi connectivity index (χ0n) is 11.4. The first-order chi connectivity index (χ1) is 9.47. The number of carboxylic acids is 1. The molecule has 1 aliphatic rings. The van der Waals surface area contributed by atoms with Crippen molar-refractivity contribution in [2.45, 2.75) is 31.3 Å². The number of hydrogen-bond donors (Lipinski definition) is 3. The van der Waals surface area contributed by atoms with Gasteiger partial charge in [0.1, 0.15) is 5.60 Å². The second kappa shape index (κ2) is 7.81. The fraction of sp³-hybridized carbons (Fsp3) is 0.750. The van der Waals surface area contributed by atoms with Crippen LogP contribution < -0.4 is 10.6 Å². The standard InChI is InChI=1S/C12H20N2O6/c1-19-12(5-6-20-8-12)7-13-11(18)14-9(15)3-2-4-10(16)17/h2-8H2,1H3,(H,16,17)(H2,13,14,15,18). The minimum Gasteiger partial charge on any atom is -0.481 e. The zero-order chi connectivity index (χ0) is 15.0. The van der Waals surface area contributed by atoms with Gasteiger partial charge < -0.3 is 19.9 Å². The van der Waals surface area contributed by atoms with Crippen LogP contribution in [0, 0.1) is 0 Å². The van der Waals surface area contributed by atoms with Crippen LogP contribution in [0.15, 0.2) is 0 Å². The number of carbonyl (C=O) groups is 3. The summed E-state index contributed by atoms with van der Waals surface area (Å²) in [6.07, 6.45) is 0.776. The summed E-state index contributed by atoms with van der Waals surface area (Å²) < 4.78 is 10.5. The van der Waals surface area contributed by atoms with E-state index >= 15 is 0 Å². The second-order valence-electron chi connectivity index (χ2n) is 4.67. The lowest BCUT2D eigenvalue weighted by Crippen LogP contribution is -2.49. The van der Waals surface area contributed by atoms with Gasteiger partial charge in [-0.3, -0.25) is 14.9 Å². The van der Waals surface area contributed by atoms with E-state index in [2.05, 4.69) is 10.6 Å². The van der Waals surface area contributed by atoms with E-state index in [9.17, 15) is 14.4 Å². The van der Waals surface area contributed by atoms with Crippen LogP contribution in [-0.2, 0) is 19.1 Å². The summed E-state index contributed by atoms with van der Waals surface area (Å²) in [5.74, 6) is -1.47. The van der Waals surface area contributed by atoms with Crippen molar-refractivity contribution in [3.63, 3.8) is 0 Å². The molecule has 0 aliphatic carbocycles. The molecule has 1 heterocycles. The van der Waals surface area contributed by atoms with Crippen molar-refractivity contribution >= 4 is 17.9 Å². The van der Waals surface area contributed by atoms with E-state index in [1.54, 1.807) is 7.11 Å². The molecule has 3 amide bonds. The van der Waals surface area contributed by atoms with Crippen LogP contribution in [0.25, 0.3) is 0 Å². The largest absolute Gasteiger partial charge is 0.481 e. The Morgan fingerprint density at radius 3 is 2.65 bits per heavy atom. The number of urea groups is 1. The van der Waals surface area contributed by atoms with Gasteiger partial charge in [0.15, 0.2) is 0 Å². The first-order valence-electron chi connectivity index (χ1n) is 6.40. The van der Waals surface area contributed by atoms with Crippen molar-refractivity contribution in [1.82, 2.24) is 10.6 Å². The van der Waals surface area contributed by atoms with Crippen LogP contribution in [0.4, 0.5) is 4.79 Å². The van der Waals surface area contributed by atoms with Gasteiger partial charge in [-0.05, 0) is 6.42 Å². The van der Waals surface area contributed by atoms with Crippen LogP contribution in [-0.4, -0.2) is 55.5 Å². The van der Waals surface area contributed by atoms with Gasteiger partial charge in [0.25, 0.3) is 0 Å². The normalized spacial score (nSPS) is 21.4. The van der Waals surface area contributed by atoms with Gasteiger partial charge in [-0.15, -0.1) is 0 Å². The summed E-state index contributed by atoms with van der Waals surface area (Å²) in [5.41, 5.74) is -0.538. The van der Waals surface area contributed by atoms with Gasteiger partial charge in [-0.1, -0.05) is 0 Å². The molecule has 8 nitrogen and oxygen atoms in total. The molecule has 0 spiro atoms. The van der Waals surface area contributed by atoms with Gasteiger partial charge in [0, 0.05) is 33.0 Å². The molecular weight excluding hydrogens is 268 g/mol. The molecule has 0 bridgehead atoms.